The van der Waals surface area contributed by atoms with Gasteiger partial charge in [0.25, 0.3) is 0 Å². The van der Waals surface area contributed by atoms with E-state index in [1.807, 2.05) is 6.07 Å². The molecule has 0 saturated heterocycles. The fourth-order valence-corrected chi connectivity index (χ4v) is 5.84. The van der Waals surface area contributed by atoms with Crippen LogP contribution in [0.15, 0.2) is 90.1 Å². The first-order valence-corrected chi connectivity index (χ1v) is 13.3. The van der Waals surface area contributed by atoms with E-state index in [1.165, 1.54) is 57.1 Å². The normalized spacial score (nSPS) is 13.8. The van der Waals surface area contributed by atoms with Gasteiger partial charge in [0.05, 0.1) is 5.52 Å². The van der Waals surface area contributed by atoms with E-state index in [4.69, 9.17) is 9.54 Å². The Morgan fingerprint density at radius 2 is 1.63 bits per heavy atom. The molecule has 3 aromatic carbocycles. The molecular weight excluding hydrogens is 673 g/mol. The number of nitrogens with zero attached hydrogens (tertiary/aromatic N) is 2. The molecule has 0 amide bonds. The van der Waals surface area contributed by atoms with Crippen molar-refractivity contribution < 1.29 is 33.1 Å². The summed E-state index contributed by atoms with van der Waals surface area (Å²) in [5, 5.41) is 0.936. The van der Waals surface area contributed by atoms with Gasteiger partial charge in [-0.1, -0.05) is 80.1 Å². The van der Waals surface area contributed by atoms with Crippen LogP contribution >= 0.6 is 0 Å². The summed E-state index contributed by atoms with van der Waals surface area (Å²) >= 11 is 0. The van der Waals surface area contributed by atoms with Gasteiger partial charge in [0.2, 0.25) is 0 Å². The van der Waals surface area contributed by atoms with Crippen molar-refractivity contribution in [1.29, 1.82) is 0 Å². The van der Waals surface area contributed by atoms with Gasteiger partial charge in [0.15, 0.2) is 5.03 Å². The molecule has 0 aliphatic heterocycles. The third-order valence-electron chi connectivity index (χ3n) is 7.01. The van der Waals surface area contributed by atoms with Crippen LogP contribution in [0.2, 0.25) is 0 Å². The van der Waals surface area contributed by atoms with Gasteiger partial charge in [-0.2, -0.15) is 8.42 Å². The van der Waals surface area contributed by atoms with Crippen molar-refractivity contribution >= 4 is 33.2 Å². The summed E-state index contributed by atoms with van der Waals surface area (Å²) in [5.74, 6) is 0. The van der Waals surface area contributed by atoms with Crippen molar-refractivity contribution in [3.8, 4) is 22.4 Å². The van der Waals surface area contributed by atoms with Gasteiger partial charge in [0.1, 0.15) is 0 Å². The van der Waals surface area contributed by atoms with Crippen LogP contribution in [0.1, 0.15) is 36.1 Å². The molecule has 2 heterocycles. The fraction of sp³-hybridized carbons (Fsp3) is 0.0968. The van der Waals surface area contributed by atoms with E-state index in [0.717, 1.165) is 16.8 Å². The molecule has 0 saturated carbocycles. The van der Waals surface area contributed by atoms with E-state index < -0.39 is 10.1 Å². The van der Waals surface area contributed by atoms with Crippen LogP contribution in [0, 0.1) is 6.07 Å². The monoisotopic (exact) mass is 696 g/mol. The molecule has 2 aromatic heterocycles. The van der Waals surface area contributed by atoms with Crippen LogP contribution in [0.5, 0.6) is 0 Å². The van der Waals surface area contributed by atoms with Crippen molar-refractivity contribution in [3.63, 3.8) is 0 Å². The number of hydrogen-bond donors (Lipinski definition) is 1. The smallest absolute Gasteiger partial charge is 0.296 e. The molecular formula is C31H23IrN2O3S-. The van der Waals surface area contributed by atoms with E-state index in [0.29, 0.717) is 0 Å². The summed E-state index contributed by atoms with van der Waals surface area (Å²) in [4.78, 5) is 8.45. The number of benzene rings is 3. The van der Waals surface area contributed by atoms with E-state index in [1.54, 1.807) is 6.07 Å². The Balaban J connectivity index is 0.000000229. The molecule has 7 heteroatoms. The second-order valence-corrected chi connectivity index (χ2v) is 11.0. The summed E-state index contributed by atoms with van der Waals surface area (Å²) in [7, 11) is -4.11. The maximum absolute atomic E-state index is 10.3. The second kappa shape index (κ2) is 9.68. The Morgan fingerprint density at radius 1 is 0.868 bits per heavy atom. The predicted molar refractivity (Wildman–Crippen MR) is 147 cm³/mol. The van der Waals surface area contributed by atoms with Gasteiger partial charge in [-0.15, -0.1) is 29.3 Å². The van der Waals surface area contributed by atoms with E-state index >= 15 is 0 Å². The molecule has 0 fully saturated rings. The maximum Gasteiger partial charge on any atom is 0.312 e. The van der Waals surface area contributed by atoms with Crippen LogP contribution in [-0.2, 0) is 35.6 Å². The third-order valence-corrected chi connectivity index (χ3v) is 7.78. The van der Waals surface area contributed by atoms with Gasteiger partial charge in [-0.25, -0.2) is 4.98 Å². The summed E-state index contributed by atoms with van der Waals surface area (Å²) in [6, 6.07) is 29.4. The van der Waals surface area contributed by atoms with Crippen LogP contribution in [0.25, 0.3) is 45.4 Å². The molecule has 0 unspecified atom stereocenters. The minimum absolute atomic E-state index is 0. The molecule has 0 spiro atoms. The van der Waals surface area contributed by atoms with Gasteiger partial charge >= 0.3 is 10.1 Å². The zero-order valence-electron chi connectivity index (χ0n) is 20.6. The molecule has 5 aromatic rings. The molecule has 38 heavy (non-hydrogen) atoms. The van der Waals surface area contributed by atoms with Crippen LogP contribution in [-0.4, -0.2) is 22.9 Å². The first-order valence-electron chi connectivity index (χ1n) is 11.9. The van der Waals surface area contributed by atoms with E-state index in [2.05, 4.69) is 91.6 Å². The van der Waals surface area contributed by atoms with Gasteiger partial charge in [0, 0.05) is 31.7 Å². The molecule has 1 radical (unpaired) electrons. The van der Waals surface area contributed by atoms with Gasteiger partial charge in [-0.3, -0.25) is 9.54 Å². The van der Waals surface area contributed by atoms with Crippen LogP contribution in [0.3, 0.4) is 0 Å². The Bertz CT molecular complexity index is 1830. The molecule has 0 atom stereocenters. The minimum atomic E-state index is -4.11. The Labute approximate surface area is 235 Å². The zero-order valence-corrected chi connectivity index (χ0v) is 23.8. The molecule has 0 bridgehead atoms. The Morgan fingerprint density at radius 3 is 2.37 bits per heavy atom. The van der Waals surface area contributed by atoms with Crippen molar-refractivity contribution in [1.82, 2.24) is 9.97 Å². The first-order chi connectivity index (χ1) is 17.7. The fourth-order valence-electron chi connectivity index (χ4n) is 5.40. The second-order valence-electron chi connectivity index (χ2n) is 9.63. The van der Waals surface area contributed by atoms with Crippen molar-refractivity contribution in [2.75, 3.05) is 0 Å². The molecule has 7 rings (SSSR count). The largest absolute Gasteiger partial charge is 0.312 e. The first kappa shape index (κ1) is 26.1. The molecule has 1 N–H and O–H groups in total. The zero-order chi connectivity index (χ0) is 25.8. The predicted octanol–water partition coefficient (Wildman–Crippen LogP) is 6.82. The topological polar surface area (TPSA) is 80.2 Å². The minimum Gasteiger partial charge on any atom is -0.296 e. The maximum atomic E-state index is 10.3. The summed E-state index contributed by atoms with van der Waals surface area (Å²) in [5.41, 5.74) is 11.0. The average molecular weight is 696 g/mol. The van der Waals surface area contributed by atoms with E-state index in [-0.39, 0.29) is 30.5 Å². The molecule has 2 aliphatic rings. The third kappa shape index (κ3) is 4.32. The standard InChI is InChI=1S/C26H18N.C5H5NO3S.Ir/c1-26(2)21-11-4-3-8-18(21)19-9-6-10-20(25(19)26)23-15-17-14-13-16-7-5-12-22(27-23)24(16)17;7-10(8,9)5-3-1-2-4-6-5;/h3-9,11-15H,1-2H3;1-4H,(H,7,8,9);/q-1;;. The number of pyridine rings is 2. The summed E-state index contributed by atoms with van der Waals surface area (Å²) < 4.78 is 29.1. The summed E-state index contributed by atoms with van der Waals surface area (Å²) in [6.45, 7) is 4.63. The Kier molecular flexibility index (Phi) is 6.66. The van der Waals surface area contributed by atoms with Crippen LogP contribution in [0.4, 0.5) is 0 Å². The van der Waals surface area contributed by atoms with E-state index in [9.17, 15) is 8.42 Å². The number of rotatable bonds is 2. The average Bonchev–Trinajstić information content (AvgIpc) is 3.42. The SMILES string of the molecule is CC1(C)c2ccccc2-c2cc[c-]c(-c3cc4c5c(cccc5n3)C=C4)c21.O=S(=O)(O)c1ccccn1.[Ir]. The van der Waals surface area contributed by atoms with Crippen LogP contribution < -0.4 is 0 Å². The van der Waals surface area contributed by atoms with Crippen molar-refractivity contribution in [2.24, 2.45) is 0 Å². The van der Waals surface area contributed by atoms with Gasteiger partial charge < -0.3 is 0 Å². The molecule has 5 nitrogen and oxygen atoms in total. The van der Waals surface area contributed by atoms with Crippen molar-refractivity contribution in [3.05, 3.63) is 113 Å². The van der Waals surface area contributed by atoms with Crippen molar-refractivity contribution in [2.45, 2.75) is 24.3 Å². The molecule has 191 valence electrons. The number of aromatic nitrogens is 2. The number of hydrogen-bond acceptors (Lipinski definition) is 4. The number of fused-ring (bicyclic) bond motifs is 3. The molecule has 2 aliphatic carbocycles. The summed E-state index contributed by atoms with van der Waals surface area (Å²) in [6.07, 6.45) is 5.68. The van der Waals surface area contributed by atoms with Gasteiger partial charge in [-0.05, 0) is 51.6 Å². The Hall–Kier alpha value is -3.48. The quantitative estimate of drug-likeness (QED) is 0.159.